The number of benzene rings is 10. The molecule has 436 valence electrons. The third kappa shape index (κ3) is 8.48. The fourth-order valence-corrected chi connectivity index (χ4v) is 14.6. The van der Waals surface area contributed by atoms with Gasteiger partial charge in [0.25, 0.3) is 6.71 Å². The van der Waals surface area contributed by atoms with Crippen LogP contribution in [0, 0.1) is 0 Å². The Morgan fingerprint density at radius 2 is 0.955 bits per heavy atom. The highest BCUT2D eigenvalue weighted by atomic mass is 16.5. The molecule has 13 aromatic rings. The second kappa shape index (κ2) is 19.4. The number of hydrogen-bond acceptors (Lipinski definition) is 3. The first-order valence-electron chi connectivity index (χ1n) is 34.4. The van der Waals surface area contributed by atoms with Gasteiger partial charge in [-0.3, -0.25) is 0 Å². The van der Waals surface area contributed by atoms with Crippen molar-refractivity contribution in [1.29, 1.82) is 0 Å². The number of anilines is 3. The van der Waals surface area contributed by atoms with E-state index in [-0.39, 0.29) is 21.7 Å². The minimum Gasteiger partial charge on any atom is -0.458 e. The van der Waals surface area contributed by atoms with Crippen molar-refractivity contribution in [2.24, 2.45) is 0 Å². The van der Waals surface area contributed by atoms with Crippen LogP contribution in [-0.2, 0) is 21.7 Å². The minimum absolute atomic E-state index is 0.0735. The number of furan rings is 1. The summed E-state index contributed by atoms with van der Waals surface area (Å²) < 4.78 is 67.1. The lowest BCUT2D eigenvalue weighted by molar-refractivity contribution is 0.440. The molecule has 0 spiro atoms. The van der Waals surface area contributed by atoms with Crippen molar-refractivity contribution in [3.8, 4) is 34.0 Å². The first-order chi connectivity index (χ1) is 44.2. The predicted octanol–water partition coefficient (Wildman–Crippen LogP) is 21.1. The molecule has 0 bridgehead atoms. The van der Waals surface area contributed by atoms with Crippen LogP contribution in [0.5, 0.6) is 11.5 Å². The molecule has 1 fully saturated rings. The molecule has 3 aromatic heterocycles. The van der Waals surface area contributed by atoms with E-state index in [2.05, 4.69) is 273 Å². The highest BCUT2D eigenvalue weighted by molar-refractivity contribution is 7.00. The molecular formula is C82H78BN3O2. The van der Waals surface area contributed by atoms with Crippen molar-refractivity contribution in [3.05, 3.63) is 216 Å². The van der Waals surface area contributed by atoms with Crippen molar-refractivity contribution in [2.75, 3.05) is 4.90 Å². The lowest BCUT2D eigenvalue weighted by Crippen LogP contribution is -2.59. The van der Waals surface area contributed by atoms with Crippen molar-refractivity contribution >= 4 is 106 Å². The highest BCUT2D eigenvalue weighted by Gasteiger charge is 2.46. The van der Waals surface area contributed by atoms with Crippen molar-refractivity contribution < 1.29 is 16.0 Å². The van der Waals surface area contributed by atoms with E-state index >= 15 is 0 Å². The molecule has 5 nitrogen and oxygen atoms in total. The minimum atomic E-state index is -1.20. The maximum Gasteiger partial charge on any atom is 0.261 e. The van der Waals surface area contributed by atoms with Gasteiger partial charge in [-0.2, -0.15) is 0 Å². The summed E-state index contributed by atoms with van der Waals surface area (Å²) in [6, 6.07) is 68.6. The zero-order valence-corrected chi connectivity index (χ0v) is 52.6. The number of aromatic nitrogens is 2. The van der Waals surface area contributed by atoms with Crippen LogP contribution in [0.2, 0.25) is 0 Å². The zero-order chi connectivity index (χ0) is 64.9. The van der Waals surface area contributed by atoms with Gasteiger partial charge in [-0.25, -0.2) is 0 Å². The Hall–Kier alpha value is -8.74. The van der Waals surface area contributed by atoms with Crippen LogP contribution in [0.1, 0.15) is 156 Å². The Labute approximate surface area is 525 Å². The lowest BCUT2D eigenvalue weighted by Gasteiger charge is -2.41. The van der Waals surface area contributed by atoms with Crippen LogP contribution in [0.4, 0.5) is 17.1 Å². The summed E-state index contributed by atoms with van der Waals surface area (Å²) in [7, 11) is 0. The van der Waals surface area contributed by atoms with E-state index in [0.717, 1.165) is 100.0 Å². The highest BCUT2D eigenvalue weighted by Crippen LogP contribution is 2.51. The van der Waals surface area contributed by atoms with E-state index < -0.39 is 44.6 Å². The molecule has 16 rings (SSSR count). The Bertz CT molecular complexity index is 5110. The summed E-state index contributed by atoms with van der Waals surface area (Å²) >= 11 is 0. The topological polar surface area (TPSA) is 35.5 Å². The van der Waals surface area contributed by atoms with Gasteiger partial charge in [-0.1, -0.05) is 199 Å². The number of para-hydroxylation sites is 2. The van der Waals surface area contributed by atoms with Crippen molar-refractivity contribution in [3.63, 3.8) is 0 Å². The average Bonchev–Trinajstić information content (AvgIpc) is 1.67. The monoisotopic (exact) mass is 1150 g/mol. The fraction of sp³-hybridized carbons (Fsp3) is 0.268. The Morgan fingerprint density at radius 1 is 0.432 bits per heavy atom. The lowest BCUT2D eigenvalue weighted by atomic mass is 9.34. The van der Waals surface area contributed by atoms with E-state index in [4.69, 9.17) is 10.5 Å². The van der Waals surface area contributed by atoms with Crippen LogP contribution in [0.25, 0.3) is 88.1 Å². The van der Waals surface area contributed by atoms with Gasteiger partial charge in [-0.05, 0) is 175 Å². The molecule has 2 aliphatic heterocycles. The standard InChI is InChI=1S/C82H78BN3O2/c1-79(2,3)52-31-37-65-59(43-52)60-44-53(80(4,5)6)32-38-66(60)84(65)56-35-36-63-73(47-56)87-74-42-51(49-23-15-13-16-24-49)41-70-76(74)83(63)77-71(86(70)64-29-21-19-27-57(64)50-25-17-14-18-26-50)48-69(75-58-28-20-22-30-72(58)88-78(75)77)85-67-39-33-54(81(7,8)9)45-61(67)62-46-55(82(10,11)12)34-40-68(62)85/h14,17-22,25-49H,13,15-16,23-24H2,1-12H3/i13D,15D,16D,23D,24D. The van der Waals surface area contributed by atoms with E-state index in [1.807, 2.05) is 12.1 Å². The van der Waals surface area contributed by atoms with Gasteiger partial charge in [0, 0.05) is 62.5 Å². The average molecular weight is 1150 g/mol. The second-order valence-corrected chi connectivity index (χ2v) is 29.1. The molecule has 0 radical (unpaired) electrons. The third-order valence-electron chi connectivity index (χ3n) is 19.3. The molecule has 5 heterocycles. The summed E-state index contributed by atoms with van der Waals surface area (Å²) in [5.41, 5.74) is 20.6. The van der Waals surface area contributed by atoms with Gasteiger partial charge in [-0.15, -0.1) is 0 Å². The number of hydrogen-bond donors (Lipinski definition) is 0. The molecule has 0 saturated heterocycles. The summed E-state index contributed by atoms with van der Waals surface area (Å²) in [5, 5.41) is 6.71. The normalized spacial score (nSPS) is 20.4. The van der Waals surface area contributed by atoms with E-state index in [1.165, 1.54) is 43.8 Å². The van der Waals surface area contributed by atoms with E-state index in [9.17, 15) is 5.48 Å². The Kier molecular flexibility index (Phi) is 10.9. The van der Waals surface area contributed by atoms with Gasteiger partial charge in [0.2, 0.25) is 0 Å². The smallest absolute Gasteiger partial charge is 0.261 e. The number of ether oxygens (including phenoxy) is 1. The number of nitrogens with zero attached hydrogens (tertiary/aromatic N) is 3. The van der Waals surface area contributed by atoms with Crippen LogP contribution in [0.15, 0.2) is 192 Å². The summed E-state index contributed by atoms with van der Waals surface area (Å²) in [6.07, 6.45) is -5.88. The number of rotatable bonds is 5. The number of fused-ring (bicyclic) bond motifs is 14. The maximum atomic E-state index is 9.77. The molecule has 1 aliphatic carbocycles. The quantitative estimate of drug-likeness (QED) is 0.161. The van der Waals surface area contributed by atoms with Gasteiger partial charge in [0.05, 0.1) is 38.8 Å². The Balaban J connectivity index is 1.04. The zero-order valence-electron chi connectivity index (χ0n) is 57.6. The molecule has 3 aliphatic rings. The molecule has 1 saturated carbocycles. The van der Waals surface area contributed by atoms with E-state index in [0.29, 0.717) is 17.1 Å². The van der Waals surface area contributed by atoms with Crippen LogP contribution in [-0.4, -0.2) is 15.8 Å². The van der Waals surface area contributed by atoms with Crippen LogP contribution < -0.4 is 26.0 Å². The van der Waals surface area contributed by atoms with Crippen LogP contribution >= 0.6 is 0 Å². The second-order valence-electron chi connectivity index (χ2n) is 29.1. The van der Waals surface area contributed by atoms with Gasteiger partial charge >= 0.3 is 0 Å². The molecule has 4 atom stereocenters. The van der Waals surface area contributed by atoms with Crippen molar-refractivity contribution in [1.82, 2.24) is 9.13 Å². The predicted molar refractivity (Wildman–Crippen MR) is 374 cm³/mol. The van der Waals surface area contributed by atoms with Gasteiger partial charge < -0.3 is 23.2 Å². The van der Waals surface area contributed by atoms with Crippen LogP contribution in [0.3, 0.4) is 0 Å². The molecule has 0 amide bonds. The molecule has 10 aromatic carbocycles. The summed E-state index contributed by atoms with van der Waals surface area (Å²) in [4.78, 5) is 2.37. The van der Waals surface area contributed by atoms with Gasteiger partial charge in [0.15, 0.2) is 0 Å². The SMILES string of the molecule is [2H]C1C([2H])C([2H])C(c2cc3c4c(c2)N(c2ccccc2-c2ccccc2)c2cc(-n5c6ccc(C(C)(C)C)cc6c6cc(C(C)(C)C)ccc65)c5c(oc6ccccc65)c2B4c2ccc(-n4c5ccc(C(C)(C)C)cc5c5cc(C(C)(C)C)ccc54)cc2O3)C([2H])C1[2H]. The molecule has 0 N–H and O–H groups in total. The largest absolute Gasteiger partial charge is 0.458 e. The van der Waals surface area contributed by atoms with Gasteiger partial charge in [0.1, 0.15) is 22.7 Å². The first-order valence-corrected chi connectivity index (χ1v) is 31.5. The first kappa shape index (κ1) is 49.3. The third-order valence-corrected chi connectivity index (χ3v) is 19.3. The molecule has 4 unspecified atom stereocenters. The molecule has 88 heavy (non-hydrogen) atoms. The molecular weight excluding hydrogens is 1070 g/mol. The summed E-state index contributed by atoms with van der Waals surface area (Å²) in [5.74, 6) is 0.366. The van der Waals surface area contributed by atoms with Crippen molar-refractivity contribution in [2.45, 2.75) is 143 Å². The Morgan fingerprint density at radius 3 is 1.53 bits per heavy atom. The maximum absolute atomic E-state index is 9.77. The summed E-state index contributed by atoms with van der Waals surface area (Å²) in [6.45, 7) is 26.8. The fourth-order valence-electron chi connectivity index (χ4n) is 14.6. The molecule has 6 heteroatoms. The van der Waals surface area contributed by atoms with E-state index in [1.54, 1.807) is 0 Å².